The van der Waals surface area contributed by atoms with E-state index in [-0.39, 0.29) is 29.0 Å². The highest BCUT2D eigenvalue weighted by Crippen LogP contribution is 2.18. The molecule has 6 heteroatoms. The van der Waals surface area contributed by atoms with Crippen molar-refractivity contribution in [3.63, 3.8) is 0 Å². The zero-order valence-corrected chi connectivity index (χ0v) is 15.5. The first-order valence-electron chi connectivity index (χ1n) is 9.32. The minimum Gasteiger partial charge on any atom is -0.480 e. The molecule has 0 bridgehead atoms. The highest BCUT2D eigenvalue weighted by molar-refractivity contribution is 6.08. The van der Waals surface area contributed by atoms with Gasteiger partial charge in [0, 0.05) is 6.04 Å². The summed E-state index contributed by atoms with van der Waals surface area (Å²) in [4.78, 5) is 36.6. The average Bonchev–Trinajstić information content (AvgIpc) is 2.61. The Morgan fingerprint density at radius 2 is 1.62 bits per heavy atom. The lowest BCUT2D eigenvalue weighted by Crippen LogP contribution is -2.43. The van der Waals surface area contributed by atoms with E-state index in [1.165, 1.54) is 6.42 Å². The average molecular weight is 360 g/mol. The van der Waals surface area contributed by atoms with Gasteiger partial charge in [0.25, 0.3) is 11.8 Å². The summed E-state index contributed by atoms with van der Waals surface area (Å²) >= 11 is 0. The van der Waals surface area contributed by atoms with Crippen molar-refractivity contribution in [1.29, 1.82) is 0 Å². The Bertz CT molecular complexity index is 651. The van der Waals surface area contributed by atoms with Crippen molar-refractivity contribution in [2.24, 2.45) is 5.92 Å². The second-order valence-electron chi connectivity index (χ2n) is 7.35. The van der Waals surface area contributed by atoms with E-state index in [2.05, 4.69) is 10.6 Å². The van der Waals surface area contributed by atoms with Gasteiger partial charge in [0.2, 0.25) is 0 Å². The predicted molar refractivity (Wildman–Crippen MR) is 99.1 cm³/mol. The SMILES string of the molecule is CC(C)CC(NC(=O)c1ccccc1C(=O)NC1CCCCC1)C(=O)O. The molecule has 1 aromatic rings. The Kier molecular flexibility index (Phi) is 7.18. The van der Waals surface area contributed by atoms with Gasteiger partial charge in [-0.1, -0.05) is 45.2 Å². The van der Waals surface area contributed by atoms with Crippen LogP contribution in [0, 0.1) is 5.92 Å². The topological polar surface area (TPSA) is 95.5 Å². The largest absolute Gasteiger partial charge is 0.480 e. The molecule has 0 spiro atoms. The molecule has 142 valence electrons. The lowest BCUT2D eigenvalue weighted by Gasteiger charge is -2.23. The van der Waals surface area contributed by atoms with Crippen molar-refractivity contribution in [3.05, 3.63) is 35.4 Å². The fraction of sp³-hybridized carbons (Fsp3) is 0.550. The maximum Gasteiger partial charge on any atom is 0.326 e. The third-order valence-corrected chi connectivity index (χ3v) is 4.67. The molecule has 2 amide bonds. The smallest absolute Gasteiger partial charge is 0.326 e. The second-order valence-corrected chi connectivity index (χ2v) is 7.35. The second kappa shape index (κ2) is 9.36. The molecule has 1 aliphatic carbocycles. The number of carboxylic acids is 1. The van der Waals surface area contributed by atoms with E-state index in [4.69, 9.17) is 0 Å². The summed E-state index contributed by atoms with van der Waals surface area (Å²) in [5, 5.41) is 14.9. The molecule has 1 fully saturated rings. The molecular weight excluding hydrogens is 332 g/mol. The van der Waals surface area contributed by atoms with E-state index < -0.39 is 17.9 Å². The minimum absolute atomic E-state index is 0.126. The van der Waals surface area contributed by atoms with Gasteiger partial charge >= 0.3 is 5.97 Å². The quantitative estimate of drug-likeness (QED) is 0.696. The van der Waals surface area contributed by atoms with Gasteiger partial charge in [-0.2, -0.15) is 0 Å². The molecule has 3 N–H and O–H groups in total. The summed E-state index contributed by atoms with van der Waals surface area (Å²) in [5.74, 6) is -1.76. The monoisotopic (exact) mass is 360 g/mol. The lowest BCUT2D eigenvalue weighted by atomic mass is 9.95. The number of hydrogen-bond donors (Lipinski definition) is 3. The number of aliphatic carboxylic acids is 1. The summed E-state index contributed by atoms with van der Waals surface area (Å²) in [7, 11) is 0. The number of benzene rings is 1. The Hall–Kier alpha value is -2.37. The normalized spacial score (nSPS) is 16.1. The van der Waals surface area contributed by atoms with E-state index in [9.17, 15) is 19.5 Å². The zero-order valence-electron chi connectivity index (χ0n) is 15.5. The number of amides is 2. The predicted octanol–water partition coefficient (Wildman–Crippen LogP) is 2.98. The summed E-state index contributed by atoms with van der Waals surface area (Å²) in [6, 6.07) is 5.70. The Balaban J connectivity index is 2.12. The van der Waals surface area contributed by atoms with Gasteiger partial charge < -0.3 is 15.7 Å². The molecule has 26 heavy (non-hydrogen) atoms. The minimum atomic E-state index is -1.07. The van der Waals surface area contributed by atoms with Gasteiger partial charge in [-0.25, -0.2) is 4.79 Å². The summed E-state index contributed by atoms with van der Waals surface area (Å²) in [6.45, 7) is 3.79. The van der Waals surface area contributed by atoms with Crippen LogP contribution in [0.1, 0.15) is 73.1 Å². The molecule has 0 radical (unpaired) electrons. The number of rotatable bonds is 7. The molecule has 2 rings (SSSR count). The van der Waals surface area contributed by atoms with Crippen molar-refractivity contribution in [2.75, 3.05) is 0 Å². The van der Waals surface area contributed by atoms with Crippen LogP contribution in [0.25, 0.3) is 0 Å². The number of hydrogen-bond acceptors (Lipinski definition) is 3. The first-order chi connectivity index (χ1) is 12.4. The lowest BCUT2D eigenvalue weighted by molar-refractivity contribution is -0.139. The highest BCUT2D eigenvalue weighted by atomic mass is 16.4. The first kappa shape index (κ1) is 19.9. The molecular formula is C20H28N2O4. The van der Waals surface area contributed by atoms with E-state index in [0.717, 1.165) is 25.7 Å². The fourth-order valence-electron chi connectivity index (χ4n) is 3.32. The van der Waals surface area contributed by atoms with Gasteiger partial charge in [-0.3, -0.25) is 9.59 Å². The molecule has 0 aromatic heterocycles. The molecule has 0 saturated heterocycles. The number of carbonyl (C=O) groups excluding carboxylic acids is 2. The number of nitrogens with one attached hydrogen (secondary N) is 2. The van der Waals surface area contributed by atoms with E-state index in [1.54, 1.807) is 24.3 Å². The van der Waals surface area contributed by atoms with Crippen molar-refractivity contribution < 1.29 is 19.5 Å². The molecule has 1 unspecified atom stereocenters. The standard InChI is InChI=1S/C20H28N2O4/c1-13(2)12-17(20(25)26)22-19(24)16-11-7-6-10-15(16)18(23)21-14-8-4-3-5-9-14/h6-7,10-11,13-14,17H,3-5,8-9,12H2,1-2H3,(H,21,23)(H,22,24)(H,25,26). The summed E-state index contributed by atoms with van der Waals surface area (Å²) in [5.41, 5.74) is 0.486. The molecule has 1 aromatic carbocycles. The van der Waals surface area contributed by atoms with Crippen LogP contribution in [-0.2, 0) is 4.79 Å². The molecule has 1 saturated carbocycles. The number of carbonyl (C=O) groups is 3. The Labute approximate surface area is 154 Å². The molecule has 0 heterocycles. The molecule has 1 aliphatic rings. The number of carboxylic acid groups (broad SMARTS) is 1. The van der Waals surface area contributed by atoms with E-state index >= 15 is 0 Å². The van der Waals surface area contributed by atoms with Crippen LogP contribution in [0.4, 0.5) is 0 Å². The summed E-state index contributed by atoms with van der Waals surface area (Å²) < 4.78 is 0. The van der Waals surface area contributed by atoms with Crippen molar-refractivity contribution in [3.8, 4) is 0 Å². The van der Waals surface area contributed by atoms with Crippen LogP contribution in [0.3, 0.4) is 0 Å². The van der Waals surface area contributed by atoms with Crippen molar-refractivity contribution >= 4 is 17.8 Å². The van der Waals surface area contributed by atoms with Gasteiger partial charge in [0.05, 0.1) is 11.1 Å². The van der Waals surface area contributed by atoms with E-state index in [0.29, 0.717) is 6.42 Å². The first-order valence-corrected chi connectivity index (χ1v) is 9.32. The Morgan fingerprint density at radius 3 is 2.15 bits per heavy atom. The van der Waals surface area contributed by atoms with Gasteiger partial charge in [0.15, 0.2) is 0 Å². The van der Waals surface area contributed by atoms with Crippen molar-refractivity contribution in [2.45, 2.75) is 64.5 Å². The summed E-state index contributed by atoms with van der Waals surface area (Å²) in [6.07, 6.45) is 5.63. The molecule has 1 atom stereocenters. The van der Waals surface area contributed by atoms with E-state index in [1.807, 2.05) is 13.8 Å². The highest BCUT2D eigenvalue weighted by Gasteiger charge is 2.25. The van der Waals surface area contributed by atoms with Gasteiger partial charge in [-0.15, -0.1) is 0 Å². The Morgan fingerprint density at radius 1 is 1.04 bits per heavy atom. The van der Waals surface area contributed by atoms with Crippen LogP contribution in [0.5, 0.6) is 0 Å². The van der Waals surface area contributed by atoms with Crippen LogP contribution < -0.4 is 10.6 Å². The maximum absolute atomic E-state index is 12.6. The third-order valence-electron chi connectivity index (χ3n) is 4.67. The molecule has 6 nitrogen and oxygen atoms in total. The van der Waals surface area contributed by atoms with Crippen LogP contribution in [0.15, 0.2) is 24.3 Å². The van der Waals surface area contributed by atoms with Crippen LogP contribution >= 0.6 is 0 Å². The molecule has 0 aliphatic heterocycles. The third kappa shape index (κ3) is 5.58. The maximum atomic E-state index is 12.6. The van der Waals surface area contributed by atoms with Gasteiger partial charge in [0.1, 0.15) is 6.04 Å². The van der Waals surface area contributed by atoms with Crippen LogP contribution in [0.2, 0.25) is 0 Å². The fourth-order valence-corrected chi connectivity index (χ4v) is 3.32. The van der Waals surface area contributed by atoms with Gasteiger partial charge in [-0.05, 0) is 37.3 Å². The van der Waals surface area contributed by atoms with Crippen molar-refractivity contribution in [1.82, 2.24) is 10.6 Å². The van der Waals surface area contributed by atoms with Crippen LogP contribution in [-0.4, -0.2) is 35.0 Å². The zero-order chi connectivity index (χ0) is 19.1.